The van der Waals surface area contributed by atoms with Crippen molar-refractivity contribution in [2.45, 2.75) is 13.0 Å². The zero-order valence-corrected chi connectivity index (χ0v) is 11.8. The highest BCUT2D eigenvalue weighted by atomic mass is 16.5. The molecule has 1 unspecified atom stereocenters. The van der Waals surface area contributed by atoms with E-state index in [0.29, 0.717) is 18.9 Å². The molecule has 0 aliphatic heterocycles. The molecule has 1 amide bonds. The molecule has 19 heavy (non-hydrogen) atoms. The maximum absolute atomic E-state index is 11.6. The van der Waals surface area contributed by atoms with E-state index < -0.39 is 11.9 Å². The van der Waals surface area contributed by atoms with Gasteiger partial charge in [0.25, 0.3) is 0 Å². The molecule has 106 valence electrons. The number of benzene rings is 1. The van der Waals surface area contributed by atoms with Gasteiger partial charge in [-0.15, -0.1) is 0 Å². The van der Waals surface area contributed by atoms with Crippen molar-refractivity contribution in [3.05, 3.63) is 29.8 Å². The third-order valence-corrected chi connectivity index (χ3v) is 2.72. The predicted octanol–water partition coefficient (Wildman–Crippen LogP) is 0.763. The summed E-state index contributed by atoms with van der Waals surface area (Å²) in [5, 5.41) is 3.17. The van der Waals surface area contributed by atoms with Gasteiger partial charge in [0.15, 0.2) is 0 Å². The molecular weight excluding hydrogens is 242 g/mol. The van der Waals surface area contributed by atoms with E-state index in [1.165, 1.54) is 0 Å². The van der Waals surface area contributed by atoms with Crippen LogP contribution in [0.1, 0.15) is 18.5 Å². The van der Waals surface area contributed by atoms with E-state index in [2.05, 4.69) is 5.32 Å². The number of rotatable bonds is 8. The Hall–Kier alpha value is -1.59. The molecule has 0 aliphatic carbocycles. The summed E-state index contributed by atoms with van der Waals surface area (Å²) >= 11 is 0. The van der Waals surface area contributed by atoms with Gasteiger partial charge in [0.2, 0.25) is 5.91 Å². The number of nitrogens with one attached hydrogen (secondary N) is 1. The zero-order valence-electron chi connectivity index (χ0n) is 11.8. The first-order chi connectivity index (χ1) is 9.06. The number of carbonyl (C=O) groups excluding carboxylic acids is 1. The predicted molar refractivity (Wildman–Crippen MR) is 76.1 cm³/mol. The van der Waals surface area contributed by atoms with Crippen molar-refractivity contribution in [2.75, 3.05) is 33.8 Å². The number of ether oxygens (including phenoxy) is 1. The van der Waals surface area contributed by atoms with Gasteiger partial charge in [-0.1, -0.05) is 18.2 Å². The molecule has 1 rings (SSSR count). The standard InChI is InChI=1S/C14H23N3O2/c1-4-19-12-8-6-5-7-11(12)13(14(15)18)16-9-10-17(2)3/h5-8,13,16H,4,9-10H2,1-3H3,(H2,15,18). The van der Waals surface area contributed by atoms with Gasteiger partial charge in [-0.05, 0) is 27.1 Å². The SMILES string of the molecule is CCOc1ccccc1C(NCCN(C)C)C(N)=O. The molecule has 0 fully saturated rings. The van der Waals surface area contributed by atoms with Crippen LogP contribution in [0.15, 0.2) is 24.3 Å². The third kappa shape index (κ3) is 4.89. The lowest BCUT2D eigenvalue weighted by atomic mass is 10.1. The molecule has 0 radical (unpaired) electrons. The van der Waals surface area contributed by atoms with Crippen molar-refractivity contribution in [3.8, 4) is 5.75 Å². The van der Waals surface area contributed by atoms with E-state index in [1.54, 1.807) is 0 Å². The Bertz CT molecular complexity index is 407. The second-order valence-electron chi connectivity index (χ2n) is 4.56. The average molecular weight is 265 g/mol. The van der Waals surface area contributed by atoms with Gasteiger partial charge in [-0.3, -0.25) is 4.79 Å². The second kappa shape index (κ2) is 7.76. The number of carbonyl (C=O) groups is 1. The Balaban J connectivity index is 2.83. The minimum atomic E-state index is -0.525. The summed E-state index contributed by atoms with van der Waals surface area (Å²) in [5.74, 6) is 0.303. The van der Waals surface area contributed by atoms with Crippen molar-refractivity contribution in [3.63, 3.8) is 0 Å². The maximum Gasteiger partial charge on any atom is 0.239 e. The van der Waals surface area contributed by atoms with E-state index in [4.69, 9.17) is 10.5 Å². The quantitative estimate of drug-likeness (QED) is 0.728. The smallest absolute Gasteiger partial charge is 0.239 e. The van der Waals surface area contributed by atoms with E-state index in [1.807, 2.05) is 50.2 Å². The fourth-order valence-corrected chi connectivity index (χ4v) is 1.80. The highest BCUT2D eigenvalue weighted by molar-refractivity contribution is 5.82. The summed E-state index contributed by atoms with van der Waals surface area (Å²) in [6.45, 7) is 3.98. The first-order valence-electron chi connectivity index (χ1n) is 6.45. The molecule has 1 atom stereocenters. The second-order valence-corrected chi connectivity index (χ2v) is 4.56. The van der Waals surface area contributed by atoms with Crippen molar-refractivity contribution in [2.24, 2.45) is 5.73 Å². The fraction of sp³-hybridized carbons (Fsp3) is 0.500. The van der Waals surface area contributed by atoms with Crippen LogP contribution in [0.25, 0.3) is 0 Å². The fourth-order valence-electron chi connectivity index (χ4n) is 1.80. The van der Waals surface area contributed by atoms with Gasteiger partial charge in [-0.2, -0.15) is 0 Å². The molecular formula is C14H23N3O2. The molecule has 5 heteroatoms. The van der Waals surface area contributed by atoms with E-state index in [0.717, 1.165) is 12.1 Å². The lowest BCUT2D eigenvalue weighted by Crippen LogP contribution is -2.37. The van der Waals surface area contributed by atoms with Crippen LogP contribution in [0.3, 0.4) is 0 Å². The molecule has 5 nitrogen and oxygen atoms in total. The highest BCUT2D eigenvalue weighted by Crippen LogP contribution is 2.24. The van der Waals surface area contributed by atoms with Gasteiger partial charge in [0, 0.05) is 18.7 Å². The first kappa shape index (κ1) is 15.5. The Labute approximate surface area is 114 Å². The van der Waals surface area contributed by atoms with Gasteiger partial charge < -0.3 is 20.7 Å². The number of nitrogens with zero attached hydrogens (tertiary/aromatic N) is 1. The lowest BCUT2D eigenvalue weighted by Gasteiger charge is -2.20. The van der Waals surface area contributed by atoms with Crippen LogP contribution in [0.4, 0.5) is 0 Å². The topological polar surface area (TPSA) is 67.6 Å². The molecule has 1 aromatic rings. The first-order valence-corrected chi connectivity index (χ1v) is 6.45. The molecule has 0 spiro atoms. The molecule has 0 heterocycles. The number of nitrogens with two attached hydrogens (primary N) is 1. The lowest BCUT2D eigenvalue weighted by molar-refractivity contribution is -0.120. The van der Waals surface area contributed by atoms with E-state index in [9.17, 15) is 4.79 Å². The van der Waals surface area contributed by atoms with E-state index in [-0.39, 0.29) is 0 Å². The Morgan fingerprint density at radius 1 is 1.42 bits per heavy atom. The van der Waals surface area contributed by atoms with Crippen molar-refractivity contribution >= 4 is 5.91 Å². The zero-order chi connectivity index (χ0) is 14.3. The Morgan fingerprint density at radius 3 is 2.68 bits per heavy atom. The van der Waals surface area contributed by atoms with Crippen molar-refractivity contribution < 1.29 is 9.53 Å². The monoisotopic (exact) mass is 265 g/mol. The molecule has 0 aliphatic rings. The summed E-state index contributed by atoms with van der Waals surface area (Å²) in [7, 11) is 3.96. The number of amides is 1. The van der Waals surface area contributed by atoms with Crippen LogP contribution in [-0.2, 0) is 4.79 Å². The average Bonchev–Trinajstić information content (AvgIpc) is 2.35. The molecule has 1 aromatic carbocycles. The molecule has 0 bridgehead atoms. The van der Waals surface area contributed by atoms with Crippen LogP contribution >= 0.6 is 0 Å². The number of likely N-dealkylation sites (N-methyl/N-ethyl adjacent to an activating group) is 1. The highest BCUT2D eigenvalue weighted by Gasteiger charge is 2.20. The minimum absolute atomic E-state index is 0.397. The minimum Gasteiger partial charge on any atom is -0.494 e. The van der Waals surface area contributed by atoms with Gasteiger partial charge >= 0.3 is 0 Å². The van der Waals surface area contributed by atoms with Crippen LogP contribution in [0.5, 0.6) is 5.75 Å². The number of para-hydroxylation sites is 1. The normalized spacial score (nSPS) is 12.4. The van der Waals surface area contributed by atoms with Crippen LogP contribution in [0, 0.1) is 0 Å². The van der Waals surface area contributed by atoms with Gasteiger partial charge in [-0.25, -0.2) is 0 Å². The molecule has 0 aromatic heterocycles. The summed E-state index contributed by atoms with van der Waals surface area (Å²) in [6.07, 6.45) is 0. The molecule has 0 saturated heterocycles. The van der Waals surface area contributed by atoms with Crippen molar-refractivity contribution in [1.82, 2.24) is 10.2 Å². The van der Waals surface area contributed by atoms with Crippen LogP contribution in [0.2, 0.25) is 0 Å². The summed E-state index contributed by atoms with van der Waals surface area (Å²) in [4.78, 5) is 13.7. The van der Waals surface area contributed by atoms with Crippen LogP contribution in [-0.4, -0.2) is 44.6 Å². The van der Waals surface area contributed by atoms with Gasteiger partial charge in [0.05, 0.1) is 6.61 Å². The van der Waals surface area contributed by atoms with Gasteiger partial charge in [0.1, 0.15) is 11.8 Å². The summed E-state index contributed by atoms with van der Waals surface area (Å²) in [6, 6.07) is 6.95. The number of hydrogen-bond acceptors (Lipinski definition) is 4. The Kier molecular flexibility index (Phi) is 6.32. The number of hydrogen-bond donors (Lipinski definition) is 2. The largest absolute Gasteiger partial charge is 0.494 e. The summed E-state index contributed by atoms with van der Waals surface area (Å²) < 4.78 is 5.54. The van der Waals surface area contributed by atoms with Crippen molar-refractivity contribution in [1.29, 1.82) is 0 Å². The maximum atomic E-state index is 11.6. The third-order valence-electron chi connectivity index (χ3n) is 2.72. The summed E-state index contributed by atoms with van der Waals surface area (Å²) in [5.41, 5.74) is 6.27. The number of primary amides is 1. The van der Waals surface area contributed by atoms with E-state index >= 15 is 0 Å². The molecule has 3 N–H and O–H groups in total. The Morgan fingerprint density at radius 2 is 2.11 bits per heavy atom. The molecule has 0 saturated carbocycles. The van der Waals surface area contributed by atoms with Crippen LogP contribution < -0.4 is 15.8 Å².